The van der Waals surface area contributed by atoms with Crippen LogP contribution in [0.5, 0.6) is 0 Å². The predicted octanol–water partition coefficient (Wildman–Crippen LogP) is -0.476. The van der Waals surface area contributed by atoms with Gasteiger partial charge in [-0.1, -0.05) is 11.1 Å². The van der Waals surface area contributed by atoms with Gasteiger partial charge in [-0.3, -0.25) is 0 Å². The minimum Gasteiger partial charge on any atom is -0.396 e. The highest BCUT2D eigenvalue weighted by molar-refractivity contribution is 5.71. The molecule has 5 saturated carbocycles. The van der Waals surface area contributed by atoms with Crippen molar-refractivity contribution in [1.29, 1.82) is 0 Å². The van der Waals surface area contributed by atoms with Crippen molar-refractivity contribution in [3.63, 3.8) is 0 Å². The molecule has 0 amide bonds. The van der Waals surface area contributed by atoms with E-state index in [2.05, 4.69) is 13.8 Å². The average molecular weight is 252 g/mol. The van der Waals surface area contributed by atoms with Crippen LogP contribution in [0, 0.1) is 33.5 Å². The SMILES string of the molecule is CC(C)=C1C2C3(CO)C2(CO)C2(CO)C1C32CO. The molecule has 5 fully saturated rings. The van der Waals surface area contributed by atoms with Crippen LogP contribution in [-0.4, -0.2) is 46.9 Å². The van der Waals surface area contributed by atoms with Crippen LogP contribution in [0.4, 0.5) is 0 Å². The standard InChI is InChI=1S/C14H20O4/c1-7(2)8-9-11(3-15)12(9,4-16)14(6-18)10(8)13(11,14)5-17/h9-10,15-18H,3-6H2,1-2H3. The third-order valence-corrected chi connectivity index (χ3v) is 7.19. The summed E-state index contributed by atoms with van der Waals surface area (Å²) < 4.78 is 0. The van der Waals surface area contributed by atoms with Gasteiger partial charge in [0.15, 0.2) is 0 Å². The lowest BCUT2D eigenvalue weighted by Crippen LogP contribution is -2.53. The maximum Gasteiger partial charge on any atom is 0.0506 e. The molecular formula is C14H20O4. The lowest BCUT2D eigenvalue weighted by molar-refractivity contribution is -0.118. The zero-order chi connectivity index (χ0) is 13.1. The fourth-order valence-corrected chi connectivity index (χ4v) is 7.06. The van der Waals surface area contributed by atoms with Gasteiger partial charge in [0, 0.05) is 21.7 Å². The van der Waals surface area contributed by atoms with Gasteiger partial charge >= 0.3 is 0 Å². The second-order valence-corrected chi connectivity index (χ2v) is 6.84. The molecule has 0 atom stereocenters. The Balaban J connectivity index is 1.98. The summed E-state index contributed by atoms with van der Waals surface area (Å²) in [5, 5.41) is 39.4. The van der Waals surface area contributed by atoms with Crippen molar-refractivity contribution in [2.24, 2.45) is 33.5 Å². The van der Waals surface area contributed by atoms with Crippen molar-refractivity contribution in [1.82, 2.24) is 0 Å². The van der Waals surface area contributed by atoms with Crippen molar-refractivity contribution in [3.05, 3.63) is 11.1 Å². The van der Waals surface area contributed by atoms with E-state index in [9.17, 15) is 20.4 Å². The maximum atomic E-state index is 9.86. The molecule has 0 aromatic rings. The predicted molar refractivity (Wildman–Crippen MR) is 63.4 cm³/mol. The summed E-state index contributed by atoms with van der Waals surface area (Å²) in [6.45, 7) is 4.14. The lowest BCUT2D eigenvalue weighted by atomic mass is 9.57. The van der Waals surface area contributed by atoms with Gasteiger partial charge in [-0.2, -0.15) is 0 Å². The van der Waals surface area contributed by atoms with E-state index < -0.39 is 0 Å². The van der Waals surface area contributed by atoms with E-state index >= 15 is 0 Å². The molecule has 5 aliphatic carbocycles. The molecule has 0 aromatic heterocycles. The van der Waals surface area contributed by atoms with Crippen LogP contribution in [0.2, 0.25) is 0 Å². The third-order valence-electron chi connectivity index (χ3n) is 7.19. The summed E-state index contributed by atoms with van der Waals surface area (Å²) in [5.41, 5.74) is 1.09. The fourth-order valence-electron chi connectivity index (χ4n) is 7.06. The second-order valence-electron chi connectivity index (χ2n) is 6.84. The van der Waals surface area contributed by atoms with Gasteiger partial charge in [0.25, 0.3) is 0 Å². The molecule has 5 rings (SSSR count). The van der Waals surface area contributed by atoms with Crippen molar-refractivity contribution in [2.75, 3.05) is 26.4 Å². The highest BCUT2D eigenvalue weighted by atomic mass is 16.3. The minimum atomic E-state index is -0.358. The zero-order valence-corrected chi connectivity index (χ0v) is 10.8. The first-order valence-electron chi connectivity index (χ1n) is 6.66. The van der Waals surface area contributed by atoms with E-state index in [4.69, 9.17) is 0 Å². The van der Waals surface area contributed by atoms with Crippen LogP contribution in [0.25, 0.3) is 0 Å². The molecule has 0 radical (unpaired) electrons. The minimum absolute atomic E-state index is 0.00775. The van der Waals surface area contributed by atoms with Crippen LogP contribution in [0.3, 0.4) is 0 Å². The quantitative estimate of drug-likeness (QED) is 0.510. The van der Waals surface area contributed by atoms with E-state index in [0.29, 0.717) is 0 Å². The maximum absolute atomic E-state index is 9.86. The Morgan fingerprint density at radius 2 is 1.06 bits per heavy atom. The Labute approximate surface area is 106 Å². The van der Waals surface area contributed by atoms with E-state index in [0.717, 1.165) is 0 Å². The normalized spacial score (nSPS) is 61.3. The largest absolute Gasteiger partial charge is 0.396 e. The third kappa shape index (κ3) is 0.523. The van der Waals surface area contributed by atoms with E-state index in [1.54, 1.807) is 0 Å². The Hall–Kier alpha value is -0.420. The molecule has 4 heteroatoms. The van der Waals surface area contributed by atoms with Crippen LogP contribution in [0.1, 0.15) is 13.8 Å². The number of allylic oxidation sites excluding steroid dienone is 2. The average Bonchev–Trinajstić information content (AvgIpc) is 3.02. The summed E-state index contributed by atoms with van der Waals surface area (Å²) in [6.07, 6.45) is 0. The van der Waals surface area contributed by atoms with Crippen molar-refractivity contribution < 1.29 is 20.4 Å². The van der Waals surface area contributed by atoms with Crippen molar-refractivity contribution >= 4 is 0 Å². The Morgan fingerprint density at radius 3 is 1.22 bits per heavy atom. The highest BCUT2D eigenvalue weighted by Crippen LogP contribution is 3.16. The molecule has 0 unspecified atom stereocenters. The summed E-state index contributed by atoms with van der Waals surface area (Å²) in [6, 6.07) is 0. The molecule has 0 heterocycles. The van der Waals surface area contributed by atoms with Gasteiger partial charge in [-0.15, -0.1) is 0 Å². The van der Waals surface area contributed by atoms with E-state index in [1.807, 2.05) is 0 Å². The van der Waals surface area contributed by atoms with Crippen LogP contribution in [0.15, 0.2) is 11.1 Å². The molecule has 0 aromatic carbocycles. The number of rotatable bonds is 4. The van der Waals surface area contributed by atoms with E-state index in [1.165, 1.54) is 11.1 Å². The molecule has 0 spiro atoms. The Kier molecular flexibility index (Phi) is 1.63. The van der Waals surface area contributed by atoms with Gasteiger partial charge < -0.3 is 20.4 Å². The Morgan fingerprint density at radius 1 is 0.778 bits per heavy atom. The molecule has 18 heavy (non-hydrogen) atoms. The van der Waals surface area contributed by atoms with Crippen molar-refractivity contribution in [3.8, 4) is 0 Å². The second kappa shape index (κ2) is 2.57. The summed E-state index contributed by atoms with van der Waals surface area (Å²) >= 11 is 0. The first-order valence-corrected chi connectivity index (χ1v) is 6.66. The van der Waals surface area contributed by atoms with Crippen LogP contribution >= 0.6 is 0 Å². The zero-order valence-electron chi connectivity index (χ0n) is 10.8. The Bertz CT molecular complexity index is 410. The monoisotopic (exact) mass is 252 g/mol. The molecule has 4 nitrogen and oxygen atoms in total. The molecule has 2 bridgehead atoms. The van der Waals surface area contributed by atoms with Crippen LogP contribution < -0.4 is 0 Å². The molecule has 0 saturated heterocycles. The molecular weight excluding hydrogens is 232 g/mol. The van der Waals surface area contributed by atoms with Crippen LogP contribution in [-0.2, 0) is 0 Å². The van der Waals surface area contributed by atoms with Gasteiger partial charge in [-0.25, -0.2) is 0 Å². The molecule has 4 N–H and O–H groups in total. The molecule has 100 valence electrons. The van der Waals surface area contributed by atoms with Gasteiger partial charge in [0.2, 0.25) is 0 Å². The first-order chi connectivity index (χ1) is 8.55. The summed E-state index contributed by atoms with van der Waals surface area (Å²) in [7, 11) is 0. The fraction of sp³-hybridized carbons (Fsp3) is 0.857. The van der Waals surface area contributed by atoms with E-state index in [-0.39, 0.29) is 59.9 Å². The summed E-state index contributed by atoms with van der Waals surface area (Å²) in [5.74, 6) is 0.351. The number of hydrogen-bond donors (Lipinski definition) is 4. The number of aliphatic hydroxyl groups excluding tert-OH is 4. The number of aliphatic hydroxyl groups is 4. The van der Waals surface area contributed by atoms with Crippen molar-refractivity contribution in [2.45, 2.75) is 13.8 Å². The van der Waals surface area contributed by atoms with Gasteiger partial charge in [0.1, 0.15) is 0 Å². The lowest BCUT2D eigenvalue weighted by Gasteiger charge is -2.47. The summed E-state index contributed by atoms with van der Waals surface area (Å²) in [4.78, 5) is 0. The van der Waals surface area contributed by atoms with Gasteiger partial charge in [0.05, 0.1) is 26.4 Å². The first kappa shape index (κ1) is 11.4. The highest BCUT2D eigenvalue weighted by Gasteiger charge is 3.17. The van der Waals surface area contributed by atoms with Gasteiger partial charge in [-0.05, 0) is 25.7 Å². The number of hydrogen-bond acceptors (Lipinski definition) is 4. The smallest absolute Gasteiger partial charge is 0.0506 e. The molecule has 5 aliphatic rings. The topological polar surface area (TPSA) is 80.9 Å². The molecule has 0 aliphatic heterocycles.